The van der Waals surface area contributed by atoms with Gasteiger partial charge in [0.15, 0.2) is 4.80 Å². The summed E-state index contributed by atoms with van der Waals surface area (Å²) in [5.41, 5.74) is -0.590. The fraction of sp³-hybridized carbons (Fsp3) is 0.222. The van der Waals surface area contributed by atoms with Crippen LogP contribution in [0.5, 0.6) is 11.5 Å². The second-order valence-corrected chi connectivity index (χ2v) is 10.5. The van der Waals surface area contributed by atoms with Gasteiger partial charge in [-0.05, 0) is 44.2 Å². The third-order valence-electron chi connectivity index (χ3n) is 6.55. The normalized spacial score (nSPS) is 22.0. The number of ether oxygens (including phenoxy) is 2. The summed E-state index contributed by atoms with van der Waals surface area (Å²) >= 11 is 7.01. The zero-order chi connectivity index (χ0) is 25.9. The minimum atomic E-state index is -1.11. The van der Waals surface area contributed by atoms with E-state index in [-0.39, 0.29) is 23.0 Å². The number of benzene rings is 2. The van der Waals surface area contributed by atoms with Crippen LogP contribution in [0.1, 0.15) is 37.0 Å². The van der Waals surface area contributed by atoms with Crippen molar-refractivity contribution < 1.29 is 23.1 Å². The largest absolute Gasteiger partial charge is 0.486 e. The van der Waals surface area contributed by atoms with Gasteiger partial charge < -0.3 is 13.9 Å². The molecule has 0 saturated carbocycles. The summed E-state index contributed by atoms with van der Waals surface area (Å²) in [6.45, 7) is 3.39. The Hall–Kier alpha value is -3.69. The standard InChI is InChI=1S/C27H20ClFN2O5S/c1-14(32)23-24-18-5-3-4-6-21(18)36-27(23,2)30-26-31(24)25(33)22(37-26)12-16-7-8-17(35-16)13-34-15-9-10-20(29)19(28)11-15/h3-12,23-24H,13H2,1-2H3/b22-12+/t23-,24+,27+/m1/s1. The Kier molecular flexibility index (Phi) is 5.58. The summed E-state index contributed by atoms with van der Waals surface area (Å²) in [4.78, 5) is 31.6. The number of nitrogens with zero attached hydrogens (tertiary/aromatic N) is 2. The van der Waals surface area contributed by atoms with Gasteiger partial charge in [0.1, 0.15) is 47.1 Å². The van der Waals surface area contributed by atoms with E-state index in [9.17, 15) is 14.0 Å². The first-order valence-corrected chi connectivity index (χ1v) is 12.7. The number of aromatic nitrogens is 1. The Morgan fingerprint density at radius 3 is 2.86 bits per heavy atom. The number of para-hydroxylation sites is 1. The maximum absolute atomic E-state index is 13.6. The molecule has 10 heteroatoms. The number of thiazole rings is 1. The molecule has 0 N–H and O–H groups in total. The molecule has 2 aliphatic rings. The summed E-state index contributed by atoms with van der Waals surface area (Å²) < 4.78 is 33.0. The number of hydrogen-bond donors (Lipinski definition) is 0. The van der Waals surface area contributed by atoms with Gasteiger partial charge in [-0.1, -0.05) is 41.1 Å². The Morgan fingerprint density at radius 2 is 2.08 bits per heavy atom. The molecule has 2 aromatic carbocycles. The van der Waals surface area contributed by atoms with E-state index in [1.54, 1.807) is 29.7 Å². The van der Waals surface area contributed by atoms with E-state index in [1.807, 2.05) is 24.3 Å². The highest BCUT2D eigenvalue weighted by Gasteiger charge is 2.53. The number of hydrogen-bond acceptors (Lipinski definition) is 7. The first-order chi connectivity index (χ1) is 17.7. The number of fused-ring (bicyclic) bond motifs is 6. The van der Waals surface area contributed by atoms with Crippen molar-refractivity contribution in [2.75, 3.05) is 0 Å². The van der Waals surface area contributed by atoms with Crippen molar-refractivity contribution in [3.63, 3.8) is 0 Å². The third kappa shape index (κ3) is 3.98. The molecule has 4 aromatic rings. The molecule has 0 aliphatic carbocycles. The van der Waals surface area contributed by atoms with Crippen LogP contribution in [0.25, 0.3) is 6.08 Å². The molecule has 0 fully saturated rings. The minimum absolute atomic E-state index is 0.0306. The minimum Gasteiger partial charge on any atom is -0.486 e. The van der Waals surface area contributed by atoms with Gasteiger partial charge in [0, 0.05) is 17.7 Å². The van der Waals surface area contributed by atoms with Crippen LogP contribution in [-0.2, 0) is 11.4 Å². The molecule has 37 heavy (non-hydrogen) atoms. The molecule has 2 bridgehead atoms. The quantitative estimate of drug-likeness (QED) is 0.379. The van der Waals surface area contributed by atoms with Gasteiger partial charge in [0.25, 0.3) is 5.56 Å². The lowest BCUT2D eigenvalue weighted by Gasteiger charge is -2.45. The van der Waals surface area contributed by atoms with Crippen molar-refractivity contribution in [2.45, 2.75) is 32.2 Å². The molecule has 0 radical (unpaired) electrons. The molecular formula is C27H20ClFN2O5S. The molecule has 188 valence electrons. The van der Waals surface area contributed by atoms with E-state index in [1.165, 1.54) is 36.5 Å². The fourth-order valence-electron chi connectivity index (χ4n) is 4.96. The summed E-state index contributed by atoms with van der Waals surface area (Å²) in [7, 11) is 0. The number of carbonyl (C=O) groups excluding carboxylic acids is 1. The Balaban J connectivity index is 1.36. The lowest BCUT2D eigenvalue weighted by atomic mass is 9.79. The second-order valence-electron chi connectivity index (χ2n) is 9.08. The van der Waals surface area contributed by atoms with Gasteiger partial charge in [-0.3, -0.25) is 14.2 Å². The number of carbonyl (C=O) groups is 1. The summed E-state index contributed by atoms with van der Waals surface area (Å²) in [6.07, 6.45) is 1.65. The van der Waals surface area contributed by atoms with Gasteiger partial charge in [0.2, 0.25) is 5.72 Å². The van der Waals surface area contributed by atoms with E-state index in [0.29, 0.717) is 32.4 Å². The Labute approximate surface area is 219 Å². The maximum Gasteiger partial charge on any atom is 0.271 e. The van der Waals surface area contributed by atoms with Crippen LogP contribution in [0.3, 0.4) is 0 Å². The van der Waals surface area contributed by atoms with Crippen molar-refractivity contribution in [2.24, 2.45) is 10.9 Å². The molecule has 6 rings (SSSR count). The highest BCUT2D eigenvalue weighted by Crippen LogP contribution is 2.47. The van der Waals surface area contributed by atoms with E-state index in [2.05, 4.69) is 0 Å². The average molecular weight is 539 g/mol. The molecule has 0 saturated heterocycles. The van der Waals surface area contributed by atoms with Crippen molar-refractivity contribution >= 4 is 34.8 Å². The zero-order valence-corrected chi connectivity index (χ0v) is 21.3. The molecule has 7 nitrogen and oxygen atoms in total. The predicted octanol–water partition coefficient (Wildman–Crippen LogP) is 4.24. The van der Waals surface area contributed by atoms with Crippen molar-refractivity contribution in [3.05, 3.63) is 102 Å². The average Bonchev–Trinajstić information content (AvgIpc) is 3.42. The van der Waals surface area contributed by atoms with E-state index in [0.717, 1.165) is 5.56 Å². The molecule has 0 amide bonds. The maximum atomic E-state index is 13.6. The van der Waals surface area contributed by atoms with Crippen molar-refractivity contribution in [1.82, 2.24) is 4.57 Å². The van der Waals surface area contributed by atoms with Crippen molar-refractivity contribution in [3.8, 4) is 11.5 Å². The molecule has 2 aliphatic heterocycles. The molecule has 2 aromatic heterocycles. The van der Waals surface area contributed by atoms with Crippen LogP contribution in [0, 0.1) is 11.7 Å². The zero-order valence-electron chi connectivity index (χ0n) is 19.7. The van der Waals surface area contributed by atoms with Gasteiger partial charge in [-0.2, -0.15) is 0 Å². The van der Waals surface area contributed by atoms with Crippen LogP contribution in [0.4, 0.5) is 4.39 Å². The number of ketones is 1. The SMILES string of the molecule is CC(=O)[C@@H]1[C@@H]2c3ccccc3O[C@]1(C)N=c1s/c(=C/c3ccc(COc4ccc(F)c(Cl)c4)o3)c(=O)n12. The van der Waals surface area contributed by atoms with Crippen LogP contribution >= 0.6 is 22.9 Å². The lowest BCUT2D eigenvalue weighted by Crippen LogP contribution is -2.58. The Morgan fingerprint density at radius 1 is 1.27 bits per heavy atom. The van der Waals surface area contributed by atoms with Crippen LogP contribution in [-0.4, -0.2) is 16.1 Å². The van der Waals surface area contributed by atoms with E-state index in [4.69, 9.17) is 30.5 Å². The monoisotopic (exact) mass is 538 g/mol. The third-order valence-corrected chi connectivity index (χ3v) is 7.82. The number of Topliss-reactive ketones (excluding diaryl/α,β-unsaturated/α-hetero) is 1. The molecule has 3 atom stereocenters. The van der Waals surface area contributed by atoms with Crippen LogP contribution in [0.15, 0.2) is 68.8 Å². The molecular weight excluding hydrogens is 519 g/mol. The second kappa shape index (κ2) is 8.71. The fourth-order valence-corrected chi connectivity index (χ4v) is 6.21. The summed E-state index contributed by atoms with van der Waals surface area (Å²) in [5.74, 6) is 0.731. The van der Waals surface area contributed by atoms with E-state index < -0.39 is 23.5 Å². The number of furan rings is 1. The van der Waals surface area contributed by atoms with Gasteiger partial charge in [-0.25, -0.2) is 9.38 Å². The molecule has 4 heterocycles. The van der Waals surface area contributed by atoms with Crippen LogP contribution in [0.2, 0.25) is 5.02 Å². The van der Waals surface area contributed by atoms with Crippen molar-refractivity contribution in [1.29, 1.82) is 0 Å². The van der Waals surface area contributed by atoms with E-state index >= 15 is 0 Å². The highest BCUT2D eigenvalue weighted by atomic mass is 35.5. The first-order valence-electron chi connectivity index (χ1n) is 11.5. The van der Waals surface area contributed by atoms with Gasteiger partial charge in [0.05, 0.1) is 15.6 Å². The topological polar surface area (TPSA) is 83.0 Å². The number of halogens is 2. The first kappa shape index (κ1) is 23.7. The smallest absolute Gasteiger partial charge is 0.271 e. The number of rotatable bonds is 5. The van der Waals surface area contributed by atoms with Crippen LogP contribution < -0.4 is 24.4 Å². The predicted molar refractivity (Wildman–Crippen MR) is 135 cm³/mol. The molecule has 0 unspecified atom stereocenters. The summed E-state index contributed by atoms with van der Waals surface area (Å²) in [6, 6.07) is 14.5. The summed E-state index contributed by atoms with van der Waals surface area (Å²) in [5, 5.41) is -0.0306. The van der Waals surface area contributed by atoms with Gasteiger partial charge in [-0.15, -0.1) is 0 Å². The Bertz CT molecular complexity index is 1740. The lowest BCUT2D eigenvalue weighted by molar-refractivity contribution is -0.132. The van der Waals surface area contributed by atoms with Gasteiger partial charge >= 0.3 is 0 Å². The highest BCUT2D eigenvalue weighted by molar-refractivity contribution is 7.07. The molecule has 0 spiro atoms.